The van der Waals surface area contributed by atoms with Gasteiger partial charge in [0.15, 0.2) is 0 Å². The van der Waals surface area contributed by atoms with Gasteiger partial charge in [0, 0.05) is 57.0 Å². The normalized spacial score (nSPS) is 19.9. The Morgan fingerprint density at radius 2 is 1.67 bits per heavy atom. The van der Waals surface area contributed by atoms with Crippen molar-refractivity contribution in [1.82, 2.24) is 19.2 Å². The van der Waals surface area contributed by atoms with Gasteiger partial charge in [0.1, 0.15) is 11.6 Å². The minimum atomic E-state index is -3.43. The molecule has 0 amide bonds. The molecule has 0 radical (unpaired) electrons. The first-order chi connectivity index (χ1) is 14.4. The summed E-state index contributed by atoms with van der Waals surface area (Å²) in [4.78, 5) is 13.8. The Morgan fingerprint density at radius 1 is 1.00 bits per heavy atom. The lowest BCUT2D eigenvalue weighted by Gasteiger charge is -2.39. The van der Waals surface area contributed by atoms with Crippen molar-refractivity contribution in [2.24, 2.45) is 5.92 Å². The third-order valence-electron chi connectivity index (χ3n) is 6.00. The molecule has 0 spiro atoms. The molecule has 0 bridgehead atoms. The maximum absolute atomic E-state index is 12.8. The number of benzene rings is 1. The van der Waals surface area contributed by atoms with Gasteiger partial charge in [-0.2, -0.15) is 4.31 Å². The van der Waals surface area contributed by atoms with Gasteiger partial charge in [0.05, 0.1) is 4.90 Å². The molecule has 162 valence electrons. The Balaban J connectivity index is 1.26. The van der Waals surface area contributed by atoms with Crippen molar-refractivity contribution < 1.29 is 8.42 Å². The Kier molecular flexibility index (Phi) is 6.57. The van der Waals surface area contributed by atoms with Crippen LogP contribution in [0.25, 0.3) is 0 Å². The Hall–Kier alpha value is -1.74. The van der Waals surface area contributed by atoms with Crippen LogP contribution in [0.3, 0.4) is 0 Å². The predicted octanol–water partition coefficient (Wildman–Crippen LogP) is 2.66. The molecule has 2 aliphatic heterocycles. The molecule has 0 N–H and O–H groups in total. The van der Waals surface area contributed by atoms with E-state index >= 15 is 0 Å². The van der Waals surface area contributed by atoms with Crippen LogP contribution >= 0.6 is 11.6 Å². The third kappa shape index (κ3) is 4.94. The van der Waals surface area contributed by atoms with Crippen LogP contribution in [0, 0.1) is 12.8 Å². The molecule has 7 nitrogen and oxygen atoms in total. The van der Waals surface area contributed by atoms with Crippen LogP contribution < -0.4 is 4.90 Å². The molecule has 0 saturated carbocycles. The summed E-state index contributed by atoms with van der Waals surface area (Å²) in [6.07, 6.45) is 3.62. The summed E-state index contributed by atoms with van der Waals surface area (Å²) in [5, 5.41) is 0.544. The molecule has 3 heterocycles. The van der Waals surface area contributed by atoms with Crippen molar-refractivity contribution in [2.45, 2.75) is 24.7 Å². The quantitative estimate of drug-likeness (QED) is 0.699. The van der Waals surface area contributed by atoms with Crippen molar-refractivity contribution in [3.63, 3.8) is 0 Å². The number of piperidine rings is 1. The van der Waals surface area contributed by atoms with Gasteiger partial charge in [0.2, 0.25) is 10.0 Å². The molecule has 2 aliphatic rings. The second-order valence-electron chi connectivity index (χ2n) is 8.05. The van der Waals surface area contributed by atoms with Crippen LogP contribution in [0.15, 0.2) is 41.4 Å². The van der Waals surface area contributed by atoms with Gasteiger partial charge in [-0.15, -0.1) is 0 Å². The van der Waals surface area contributed by atoms with Crippen molar-refractivity contribution in [3.05, 3.63) is 47.4 Å². The van der Waals surface area contributed by atoms with Crippen LogP contribution in [0.4, 0.5) is 5.82 Å². The molecule has 0 atom stereocenters. The fraction of sp³-hybridized carbons (Fsp3) is 0.524. The molecule has 2 fully saturated rings. The summed E-state index contributed by atoms with van der Waals surface area (Å²) in [5.41, 5.74) is 0. The molecule has 2 aromatic rings. The summed E-state index contributed by atoms with van der Waals surface area (Å²) < 4.78 is 27.3. The smallest absolute Gasteiger partial charge is 0.243 e. The lowest BCUT2D eigenvalue weighted by molar-refractivity contribution is 0.175. The summed E-state index contributed by atoms with van der Waals surface area (Å²) in [7, 11) is -3.43. The second kappa shape index (κ2) is 9.18. The van der Waals surface area contributed by atoms with Crippen molar-refractivity contribution in [2.75, 3.05) is 50.7 Å². The van der Waals surface area contributed by atoms with Gasteiger partial charge in [-0.1, -0.05) is 11.6 Å². The fourth-order valence-electron chi connectivity index (χ4n) is 4.23. The highest BCUT2D eigenvalue weighted by Gasteiger charge is 2.30. The average molecular weight is 450 g/mol. The molecule has 4 rings (SSSR count). The number of hydrogen-bond donors (Lipinski definition) is 0. The van der Waals surface area contributed by atoms with E-state index in [1.807, 2.05) is 19.2 Å². The van der Waals surface area contributed by atoms with Crippen LogP contribution in [-0.2, 0) is 10.0 Å². The largest absolute Gasteiger partial charge is 0.354 e. The van der Waals surface area contributed by atoms with Gasteiger partial charge in [-0.3, -0.25) is 4.90 Å². The number of halogens is 1. The van der Waals surface area contributed by atoms with E-state index in [1.54, 1.807) is 28.6 Å². The van der Waals surface area contributed by atoms with Gasteiger partial charge in [-0.25, -0.2) is 18.4 Å². The van der Waals surface area contributed by atoms with E-state index in [1.165, 1.54) is 0 Å². The summed E-state index contributed by atoms with van der Waals surface area (Å²) >= 11 is 5.89. The predicted molar refractivity (Wildman–Crippen MR) is 118 cm³/mol. The van der Waals surface area contributed by atoms with Crippen LogP contribution in [0.5, 0.6) is 0 Å². The van der Waals surface area contributed by atoms with Gasteiger partial charge in [0.25, 0.3) is 0 Å². The number of aryl methyl sites for hydroxylation is 1. The number of anilines is 1. The topological polar surface area (TPSA) is 69.6 Å². The summed E-state index contributed by atoms with van der Waals surface area (Å²) in [6, 6.07) is 8.40. The Labute approximate surface area is 183 Å². The monoisotopic (exact) mass is 449 g/mol. The Bertz CT molecular complexity index is 954. The highest BCUT2D eigenvalue weighted by atomic mass is 35.5. The van der Waals surface area contributed by atoms with Crippen molar-refractivity contribution in [1.29, 1.82) is 0 Å². The summed E-state index contributed by atoms with van der Waals surface area (Å²) in [5.74, 6) is 2.34. The average Bonchev–Trinajstić information content (AvgIpc) is 2.75. The first kappa shape index (κ1) is 21.5. The highest BCUT2D eigenvalue weighted by molar-refractivity contribution is 7.89. The standard InChI is InChI=1S/C21H28ClN5O2S/c1-17-23-9-6-21(24-17)26-14-12-25(13-15-26)16-18-7-10-27(11-8-18)30(28,29)20-4-2-19(22)3-5-20/h2-6,9,18H,7-8,10-16H2,1H3. The van der Waals surface area contributed by atoms with Gasteiger partial charge in [-0.05, 0) is 56.0 Å². The number of hydrogen-bond acceptors (Lipinski definition) is 6. The zero-order chi connectivity index (χ0) is 21.1. The van der Waals surface area contributed by atoms with Crippen molar-refractivity contribution in [3.8, 4) is 0 Å². The highest BCUT2D eigenvalue weighted by Crippen LogP contribution is 2.26. The maximum atomic E-state index is 12.8. The SMILES string of the molecule is Cc1nccc(N2CCN(CC3CCN(S(=O)(=O)c4ccc(Cl)cc4)CC3)CC2)n1. The maximum Gasteiger partial charge on any atom is 0.243 e. The molecular weight excluding hydrogens is 422 g/mol. The number of sulfonamides is 1. The number of aromatic nitrogens is 2. The molecule has 9 heteroatoms. The second-order valence-corrected chi connectivity index (χ2v) is 10.4. The van der Waals surface area contributed by atoms with E-state index in [4.69, 9.17) is 11.6 Å². The molecule has 30 heavy (non-hydrogen) atoms. The lowest BCUT2D eigenvalue weighted by Crippen LogP contribution is -2.49. The minimum absolute atomic E-state index is 0.321. The zero-order valence-electron chi connectivity index (χ0n) is 17.2. The van der Waals surface area contributed by atoms with Crippen LogP contribution in [0.1, 0.15) is 18.7 Å². The Morgan fingerprint density at radius 3 is 2.30 bits per heavy atom. The number of rotatable bonds is 5. The van der Waals surface area contributed by atoms with E-state index in [2.05, 4.69) is 19.8 Å². The van der Waals surface area contributed by atoms with Gasteiger partial charge < -0.3 is 4.90 Å². The summed E-state index contributed by atoms with van der Waals surface area (Å²) in [6.45, 7) is 8.04. The fourth-order valence-corrected chi connectivity index (χ4v) is 5.83. The first-order valence-corrected chi connectivity index (χ1v) is 12.3. The lowest BCUT2D eigenvalue weighted by atomic mass is 9.97. The first-order valence-electron chi connectivity index (χ1n) is 10.4. The van der Waals surface area contributed by atoms with Crippen molar-refractivity contribution >= 4 is 27.4 Å². The third-order valence-corrected chi connectivity index (χ3v) is 8.16. The number of nitrogens with zero attached hydrogens (tertiary/aromatic N) is 5. The van der Waals surface area contributed by atoms with E-state index in [0.717, 1.165) is 57.2 Å². The molecule has 1 aromatic carbocycles. The molecule has 1 aromatic heterocycles. The van der Waals surface area contributed by atoms with Crippen LogP contribution in [0.2, 0.25) is 5.02 Å². The van der Waals surface area contributed by atoms with Gasteiger partial charge >= 0.3 is 0 Å². The van der Waals surface area contributed by atoms with E-state index < -0.39 is 10.0 Å². The van der Waals surface area contributed by atoms with E-state index in [0.29, 0.717) is 28.9 Å². The zero-order valence-corrected chi connectivity index (χ0v) is 18.8. The minimum Gasteiger partial charge on any atom is -0.354 e. The molecule has 0 aliphatic carbocycles. The van der Waals surface area contributed by atoms with E-state index in [9.17, 15) is 8.42 Å². The van der Waals surface area contributed by atoms with E-state index in [-0.39, 0.29) is 0 Å². The molecule has 0 unspecified atom stereocenters. The molecular formula is C21H28ClN5O2S. The van der Waals surface area contributed by atoms with Crippen LogP contribution in [-0.4, -0.2) is 73.4 Å². The number of piperazine rings is 1. The molecule has 2 saturated heterocycles.